The molecule has 4 nitrogen and oxygen atoms in total. The lowest BCUT2D eigenvalue weighted by Gasteiger charge is -2.15. The van der Waals surface area contributed by atoms with Gasteiger partial charge in [0.25, 0.3) is 0 Å². The lowest BCUT2D eigenvalue weighted by molar-refractivity contribution is 0.355. The molecular weight excluding hydrogens is 464 g/mol. The fourth-order valence-corrected chi connectivity index (χ4v) is 4.89. The molecule has 0 spiro atoms. The van der Waals surface area contributed by atoms with Crippen LogP contribution in [-0.2, 0) is 5.75 Å². The monoisotopic (exact) mass is 486 g/mol. The summed E-state index contributed by atoms with van der Waals surface area (Å²) in [5, 5.41) is 11.5. The molecule has 34 heavy (non-hydrogen) atoms. The zero-order chi connectivity index (χ0) is 24.1. The molecule has 4 aromatic rings. The molecule has 0 unspecified atom stereocenters. The van der Waals surface area contributed by atoms with Gasteiger partial charge in [0.15, 0.2) is 11.5 Å². The van der Waals surface area contributed by atoms with E-state index in [1.165, 1.54) is 17.3 Å². The van der Waals surface area contributed by atoms with E-state index < -0.39 is 0 Å². The summed E-state index contributed by atoms with van der Waals surface area (Å²) in [5.41, 5.74) is 6.10. The topological polar surface area (TPSA) is 55.1 Å². The summed E-state index contributed by atoms with van der Waals surface area (Å²) < 4.78 is 10.9. The second-order valence-electron chi connectivity index (χ2n) is 7.66. The number of aromatic nitrogens is 1. The first-order chi connectivity index (χ1) is 16.5. The van der Waals surface area contributed by atoms with E-state index in [-0.39, 0.29) is 0 Å². The molecule has 0 radical (unpaired) electrons. The minimum Gasteiger partial charge on any atom is -0.493 e. The van der Waals surface area contributed by atoms with Gasteiger partial charge < -0.3 is 9.47 Å². The maximum Gasteiger partial charge on any atom is 0.161 e. The zero-order valence-corrected chi connectivity index (χ0v) is 20.7. The molecule has 0 bridgehead atoms. The van der Waals surface area contributed by atoms with E-state index in [1.807, 2.05) is 60.7 Å². The lowest BCUT2D eigenvalue weighted by Crippen LogP contribution is -1.97. The molecule has 0 aliphatic heterocycles. The Bertz CT molecular complexity index is 1360. The number of pyridine rings is 1. The van der Waals surface area contributed by atoms with Crippen LogP contribution in [-0.4, -0.2) is 19.2 Å². The predicted octanol–water partition coefficient (Wildman–Crippen LogP) is 7.56. The Labute approximate surface area is 209 Å². The highest BCUT2D eigenvalue weighted by atomic mass is 35.5. The van der Waals surface area contributed by atoms with Crippen LogP contribution in [0.5, 0.6) is 11.5 Å². The van der Waals surface area contributed by atoms with Crippen molar-refractivity contribution >= 4 is 23.4 Å². The molecule has 6 heteroatoms. The van der Waals surface area contributed by atoms with Gasteiger partial charge >= 0.3 is 0 Å². The lowest BCUT2D eigenvalue weighted by atomic mass is 9.98. The summed E-state index contributed by atoms with van der Waals surface area (Å²) in [4.78, 5) is 4.89. The zero-order valence-electron chi connectivity index (χ0n) is 19.1. The highest BCUT2D eigenvalue weighted by molar-refractivity contribution is 7.98. The Morgan fingerprint density at radius 1 is 0.912 bits per heavy atom. The molecule has 1 heterocycles. The Morgan fingerprint density at radius 3 is 2.29 bits per heavy atom. The van der Waals surface area contributed by atoms with Gasteiger partial charge in [0, 0.05) is 21.9 Å². The van der Waals surface area contributed by atoms with Gasteiger partial charge in [-0.1, -0.05) is 65.7 Å². The Kier molecular flexibility index (Phi) is 7.42. The smallest absolute Gasteiger partial charge is 0.161 e. The number of benzene rings is 3. The number of halogens is 1. The van der Waals surface area contributed by atoms with Crippen LogP contribution in [0.15, 0.2) is 77.8 Å². The van der Waals surface area contributed by atoms with E-state index >= 15 is 0 Å². The van der Waals surface area contributed by atoms with E-state index in [9.17, 15) is 5.26 Å². The van der Waals surface area contributed by atoms with Crippen molar-refractivity contribution < 1.29 is 9.47 Å². The van der Waals surface area contributed by atoms with Crippen LogP contribution in [0.2, 0.25) is 5.02 Å². The van der Waals surface area contributed by atoms with Crippen LogP contribution in [0, 0.1) is 18.3 Å². The molecule has 0 saturated heterocycles. The molecule has 0 fully saturated rings. The van der Waals surface area contributed by atoms with Gasteiger partial charge in [-0.15, -0.1) is 11.8 Å². The second-order valence-corrected chi connectivity index (χ2v) is 9.03. The minimum absolute atomic E-state index is 0.514. The summed E-state index contributed by atoms with van der Waals surface area (Å²) in [7, 11) is 3.20. The number of aryl methyl sites for hydroxylation is 1. The average Bonchev–Trinajstić information content (AvgIpc) is 2.87. The number of thioether (sulfide) groups is 1. The molecule has 0 amide bonds. The van der Waals surface area contributed by atoms with E-state index in [0.29, 0.717) is 32.9 Å². The van der Waals surface area contributed by atoms with Crippen LogP contribution in [0.25, 0.3) is 22.4 Å². The van der Waals surface area contributed by atoms with Gasteiger partial charge in [-0.3, -0.25) is 0 Å². The molecule has 3 aromatic carbocycles. The van der Waals surface area contributed by atoms with E-state index in [0.717, 1.165) is 27.9 Å². The largest absolute Gasteiger partial charge is 0.493 e. The third kappa shape index (κ3) is 5.04. The van der Waals surface area contributed by atoms with E-state index in [1.54, 1.807) is 14.2 Å². The molecule has 0 N–H and O–H groups in total. The van der Waals surface area contributed by atoms with Crippen molar-refractivity contribution in [3.8, 4) is 40.0 Å². The number of nitrogens with zero attached hydrogens (tertiary/aromatic N) is 2. The Hall–Kier alpha value is -3.46. The third-order valence-corrected chi connectivity index (χ3v) is 6.86. The fraction of sp³-hybridized carbons (Fsp3) is 0.143. The van der Waals surface area contributed by atoms with Gasteiger partial charge in [0.1, 0.15) is 11.1 Å². The Balaban J connectivity index is 1.86. The molecule has 4 rings (SSSR count). The van der Waals surface area contributed by atoms with Crippen LogP contribution in [0.4, 0.5) is 0 Å². The van der Waals surface area contributed by atoms with Crippen LogP contribution in [0.1, 0.15) is 16.7 Å². The predicted molar refractivity (Wildman–Crippen MR) is 139 cm³/mol. The van der Waals surface area contributed by atoms with Gasteiger partial charge in [-0.2, -0.15) is 5.26 Å². The fourth-order valence-electron chi connectivity index (χ4n) is 3.60. The number of nitriles is 1. The minimum atomic E-state index is 0.514. The maximum absolute atomic E-state index is 10.2. The first-order valence-corrected chi connectivity index (χ1v) is 12.0. The van der Waals surface area contributed by atoms with Crippen molar-refractivity contribution in [3.05, 3.63) is 94.5 Å². The standard InChI is InChI=1S/C28H23ClN2O2S/c1-18-8-10-19(11-9-18)25-15-22(20-12-13-26(32-2)27(14-20)33-3)23(16-30)28(31-25)34-17-21-6-4-5-7-24(21)29/h4-15H,17H2,1-3H3. The number of ether oxygens (including phenoxy) is 2. The van der Waals surface area contributed by atoms with Crippen molar-refractivity contribution in [2.45, 2.75) is 17.7 Å². The van der Waals surface area contributed by atoms with Crippen molar-refractivity contribution in [2.75, 3.05) is 14.2 Å². The quantitative estimate of drug-likeness (QED) is 0.252. The first-order valence-electron chi connectivity index (χ1n) is 10.6. The average molecular weight is 487 g/mol. The molecule has 0 aliphatic rings. The highest BCUT2D eigenvalue weighted by Gasteiger charge is 2.18. The van der Waals surface area contributed by atoms with Gasteiger partial charge in [-0.05, 0) is 42.3 Å². The number of methoxy groups -OCH3 is 2. The summed E-state index contributed by atoms with van der Waals surface area (Å²) >= 11 is 7.87. The Morgan fingerprint density at radius 2 is 1.62 bits per heavy atom. The summed E-state index contributed by atoms with van der Waals surface area (Å²) in [6, 6.07) is 25.9. The molecule has 0 aliphatic carbocycles. The van der Waals surface area contributed by atoms with Crippen molar-refractivity contribution in [2.24, 2.45) is 0 Å². The second kappa shape index (κ2) is 10.6. The molecule has 0 saturated carbocycles. The van der Waals surface area contributed by atoms with E-state index in [2.05, 4.69) is 25.1 Å². The maximum atomic E-state index is 10.2. The molecule has 0 atom stereocenters. The first kappa shape index (κ1) is 23.7. The van der Waals surface area contributed by atoms with Crippen molar-refractivity contribution in [3.63, 3.8) is 0 Å². The summed E-state index contributed by atoms with van der Waals surface area (Å²) in [5.74, 6) is 1.83. The third-order valence-electron chi connectivity index (χ3n) is 5.46. The number of hydrogen-bond acceptors (Lipinski definition) is 5. The molecule has 1 aromatic heterocycles. The normalized spacial score (nSPS) is 10.6. The van der Waals surface area contributed by atoms with Gasteiger partial charge in [-0.25, -0.2) is 4.98 Å². The molecule has 170 valence electrons. The molecular formula is C28H23ClN2O2S. The van der Waals surface area contributed by atoms with E-state index in [4.69, 9.17) is 26.1 Å². The van der Waals surface area contributed by atoms with Crippen molar-refractivity contribution in [1.82, 2.24) is 4.98 Å². The number of rotatable bonds is 7. The van der Waals surface area contributed by atoms with Crippen LogP contribution in [0.3, 0.4) is 0 Å². The summed E-state index contributed by atoms with van der Waals surface area (Å²) in [6.45, 7) is 2.05. The van der Waals surface area contributed by atoms with Gasteiger partial charge in [0.05, 0.1) is 25.5 Å². The SMILES string of the molecule is COc1ccc(-c2cc(-c3ccc(C)cc3)nc(SCc3ccccc3Cl)c2C#N)cc1OC. The van der Waals surface area contributed by atoms with Gasteiger partial charge in [0.2, 0.25) is 0 Å². The van der Waals surface area contributed by atoms with Crippen LogP contribution >= 0.6 is 23.4 Å². The summed E-state index contributed by atoms with van der Waals surface area (Å²) in [6.07, 6.45) is 0. The van der Waals surface area contributed by atoms with Crippen molar-refractivity contribution in [1.29, 1.82) is 5.26 Å². The van der Waals surface area contributed by atoms with Crippen LogP contribution < -0.4 is 9.47 Å². The number of hydrogen-bond donors (Lipinski definition) is 0. The highest BCUT2D eigenvalue weighted by Crippen LogP contribution is 2.39.